The average Bonchev–Trinajstić information content (AvgIpc) is 2.68. The molecule has 0 aliphatic rings. The van der Waals surface area contributed by atoms with Crippen LogP contribution >= 0.6 is 0 Å². The van der Waals surface area contributed by atoms with Crippen LogP contribution in [-0.4, -0.2) is 10.9 Å². The lowest BCUT2D eigenvalue weighted by atomic mass is 10.00. The zero-order valence-corrected chi connectivity index (χ0v) is 14.8. The summed E-state index contributed by atoms with van der Waals surface area (Å²) in [6, 6.07) is 21.8. The van der Waals surface area contributed by atoms with E-state index in [1.165, 1.54) is 6.92 Å². The van der Waals surface area contributed by atoms with E-state index in [2.05, 4.69) is 10.3 Å². The van der Waals surface area contributed by atoms with E-state index in [9.17, 15) is 4.79 Å². The normalized spacial score (nSPS) is 11.6. The molecule has 1 N–H and O–H groups in total. The second-order valence-corrected chi connectivity index (χ2v) is 6.16. The Morgan fingerprint density at radius 2 is 1.77 bits per heavy atom. The van der Waals surface area contributed by atoms with Crippen LogP contribution in [0.5, 0.6) is 5.75 Å². The van der Waals surface area contributed by atoms with Gasteiger partial charge in [-0.25, -0.2) is 0 Å². The molecule has 4 heteroatoms. The van der Waals surface area contributed by atoms with E-state index in [1.54, 1.807) is 12.4 Å². The first kappa shape index (κ1) is 17.7. The molecule has 1 aromatic heterocycles. The molecule has 4 nitrogen and oxygen atoms in total. The van der Waals surface area contributed by atoms with Crippen LogP contribution in [0.4, 0.5) is 0 Å². The number of amides is 1. The second kappa shape index (κ2) is 8.81. The van der Waals surface area contributed by atoms with E-state index in [1.807, 2.05) is 66.7 Å². The van der Waals surface area contributed by atoms with Gasteiger partial charge >= 0.3 is 0 Å². The van der Waals surface area contributed by atoms with Crippen LogP contribution in [0.25, 0.3) is 0 Å². The first-order chi connectivity index (χ1) is 12.7. The van der Waals surface area contributed by atoms with Crippen molar-refractivity contribution in [3.8, 4) is 5.75 Å². The van der Waals surface area contributed by atoms with Crippen molar-refractivity contribution in [1.82, 2.24) is 10.3 Å². The summed E-state index contributed by atoms with van der Waals surface area (Å²) in [5, 5.41) is 3.00. The molecule has 1 atom stereocenters. The lowest BCUT2D eigenvalue weighted by molar-refractivity contribution is -0.119. The maximum atomic E-state index is 11.5. The summed E-state index contributed by atoms with van der Waals surface area (Å²) in [7, 11) is 0. The Bertz CT molecular complexity index is 818. The van der Waals surface area contributed by atoms with Gasteiger partial charge in [-0.3, -0.25) is 9.78 Å². The SMILES string of the molecule is CC(=O)NC(Cc1ccc(OCc2ccccc2)cc1)c1cccnc1. The summed E-state index contributed by atoms with van der Waals surface area (Å²) in [5.41, 5.74) is 3.26. The van der Waals surface area contributed by atoms with E-state index < -0.39 is 0 Å². The van der Waals surface area contributed by atoms with Crippen molar-refractivity contribution in [2.24, 2.45) is 0 Å². The lowest BCUT2D eigenvalue weighted by Crippen LogP contribution is -2.27. The number of aromatic nitrogens is 1. The molecule has 0 aliphatic carbocycles. The zero-order chi connectivity index (χ0) is 18.2. The van der Waals surface area contributed by atoms with Crippen molar-refractivity contribution < 1.29 is 9.53 Å². The molecule has 1 unspecified atom stereocenters. The topological polar surface area (TPSA) is 51.2 Å². The number of rotatable bonds is 7. The third-order valence-corrected chi connectivity index (χ3v) is 4.08. The molecule has 0 saturated heterocycles. The van der Waals surface area contributed by atoms with Crippen molar-refractivity contribution in [2.45, 2.75) is 26.0 Å². The van der Waals surface area contributed by atoms with Crippen molar-refractivity contribution in [3.05, 3.63) is 95.8 Å². The van der Waals surface area contributed by atoms with Crippen LogP contribution in [0.15, 0.2) is 79.1 Å². The first-order valence-electron chi connectivity index (χ1n) is 8.63. The van der Waals surface area contributed by atoms with Crippen LogP contribution in [-0.2, 0) is 17.8 Å². The highest BCUT2D eigenvalue weighted by Gasteiger charge is 2.13. The largest absolute Gasteiger partial charge is 0.489 e. The highest BCUT2D eigenvalue weighted by molar-refractivity contribution is 5.73. The molecular weight excluding hydrogens is 324 g/mol. The van der Waals surface area contributed by atoms with Crippen LogP contribution in [0.3, 0.4) is 0 Å². The van der Waals surface area contributed by atoms with E-state index in [0.717, 1.165) is 22.4 Å². The van der Waals surface area contributed by atoms with Crippen LogP contribution in [0.2, 0.25) is 0 Å². The van der Waals surface area contributed by atoms with Crippen LogP contribution in [0, 0.1) is 0 Å². The van der Waals surface area contributed by atoms with Crippen molar-refractivity contribution in [2.75, 3.05) is 0 Å². The molecule has 0 radical (unpaired) electrons. The number of carbonyl (C=O) groups is 1. The third kappa shape index (κ3) is 5.18. The van der Waals surface area contributed by atoms with E-state index in [4.69, 9.17) is 4.74 Å². The smallest absolute Gasteiger partial charge is 0.217 e. The molecule has 0 saturated carbocycles. The minimum atomic E-state index is -0.0997. The zero-order valence-electron chi connectivity index (χ0n) is 14.8. The Morgan fingerprint density at radius 1 is 1.00 bits per heavy atom. The second-order valence-electron chi connectivity index (χ2n) is 6.16. The molecule has 26 heavy (non-hydrogen) atoms. The molecule has 0 spiro atoms. The number of nitrogens with zero attached hydrogens (tertiary/aromatic N) is 1. The maximum absolute atomic E-state index is 11.5. The Kier molecular flexibility index (Phi) is 5.99. The van der Waals surface area contributed by atoms with Gasteiger partial charge in [0.25, 0.3) is 0 Å². The van der Waals surface area contributed by atoms with Gasteiger partial charge < -0.3 is 10.1 Å². The summed E-state index contributed by atoms with van der Waals surface area (Å²) in [4.78, 5) is 15.7. The number of hydrogen-bond acceptors (Lipinski definition) is 3. The molecule has 132 valence electrons. The summed E-state index contributed by atoms with van der Waals surface area (Å²) >= 11 is 0. The Hall–Kier alpha value is -3.14. The van der Waals surface area contributed by atoms with E-state index >= 15 is 0 Å². The monoisotopic (exact) mass is 346 g/mol. The van der Waals surface area contributed by atoms with Crippen molar-refractivity contribution in [1.29, 1.82) is 0 Å². The van der Waals surface area contributed by atoms with Gasteiger partial charge in [0.1, 0.15) is 12.4 Å². The summed E-state index contributed by atoms with van der Waals surface area (Å²) in [6.45, 7) is 2.08. The molecule has 1 amide bonds. The number of carbonyl (C=O) groups excluding carboxylic acids is 1. The van der Waals surface area contributed by atoms with Gasteiger partial charge in [0.2, 0.25) is 5.91 Å². The fourth-order valence-corrected chi connectivity index (χ4v) is 2.78. The summed E-state index contributed by atoms with van der Waals surface area (Å²) < 4.78 is 5.82. The Labute approximate surface area is 153 Å². The Balaban J connectivity index is 1.64. The maximum Gasteiger partial charge on any atom is 0.217 e. The van der Waals surface area contributed by atoms with Gasteiger partial charge in [0.05, 0.1) is 6.04 Å². The van der Waals surface area contributed by atoms with Gasteiger partial charge in [-0.2, -0.15) is 0 Å². The predicted molar refractivity (Wildman–Crippen MR) is 102 cm³/mol. The molecule has 3 rings (SSSR count). The van der Waals surface area contributed by atoms with Gasteiger partial charge in [-0.1, -0.05) is 48.5 Å². The highest BCUT2D eigenvalue weighted by Crippen LogP contribution is 2.20. The number of hydrogen-bond donors (Lipinski definition) is 1. The number of benzene rings is 2. The number of nitrogens with one attached hydrogen (secondary N) is 1. The van der Waals surface area contributed by atoms with Crippen molar-refractivity contribution in [3.63, 3.8) is 0 Å². The highest BCUT2D eigenvalue weighted by atomic mass is 16.5. The third-order valence-electron chi connectivity index (χ3n) is 4.08. The quantitative estimate of drug-likeness (QED) is 0.701. The fourth-order valence-electron chi connectivity index (χ4n) is 2.78. The van der Waals surface area contributed by atoms with E-state index in [0.29, 0.717) is 13.0 Å². The van der Waals surface area contributed by atoms with Crippen LogP contribution < -0.4 is 10.1 Å². The van der Waals surface area contributed by atoms with E-state index in [-0.39, 0.29) is 11.9 Å². The standard InChI is InChI=1S/C22H22N2O2/c1-17(25)24-22(20-8-5-13-23-15-20)14-18-9-11-21(12-10-18)26-16-19-6-3-2-4-7-19/h2-13,15,22H,14,16H2,1H3,(H,24,25). The first-order valence-corrected chi connectivity index (χ1v) is 8.63. The van der Waals surface area contributed by atoms with Gasteiger partial charge in [-0.05, 0) is 41.3 Å². The minimum absolute atomic E-state index is 0.0540. The summed E-state index contributed by atoms with van der Waals surface area (Å²) in [5.74, 6) is 0.775. The predicted octanol–water partition coefficient (Wildman–Crippen LogP) is 4.08. The fraction of sp³-hybridized carbons (Fsp3) is 0.182. The molecule has 1 heterocycles. The molecule has 0 fully saturated rings. The lowest BCUT2D eigenvalue weighted by Gasteiger charge is -2.18. The molecule has 3 aromatic rings. The minimum Gasteiger partial charge on any atom is -0.489 e. The average molecular weight is 346 g/mol. The van der Waals surface area contributed by atoms with Crippen molar-refractivity contribution >= 4 is 5.91 Å². The summed E-state index contributed by atoms with van der Waals surface area (Å²) in [6.07, 6.45) is 4.22. The molecular formula is C22H22N2O2. The van der Waals surface area contributed by atoms with Gasteiger partial charge in [0, 0.05) is 19.3 Å². The Morgan fingerprint density at radius 3 is 2.42 bits per heavy atom. The molecule has 0 bridgehead atoms. The van der Waals surface area contributed by atoms with Gasteiger partial charge in [-0.15, -0.1) is 0 Å². The van der Waals surface area contributed by atoms with Crippen LogP contribution in [0.1, 0.15) is 29.7 Å². The molecule has 0 aliphatic heterocycles. The molecule has 2 aromatic carbocycles. The number of pyridine rings is 1. The number of ether oxygens (including phenoxy) is 1. The van der Waals surface area contributed by atoms with Gasteiger partial charge in [0.15, 0.2) is 0 Å².